The van der Waals surface area contributed by atoms with Crippen LogP contribution < -0.4 is 20.9 Å². The van der Waals surface area contributed by atoms with Gasteiger partial charge in [0.15, 0.2) is 19.5 Å². The monoisotopic (exact) mass is 671 g/mol. The van der Waals surface area contributed by atoms with Gasteiger partial charge >= 0.3 is 18.0 Å². The predicted octanol–water partition coefficient (Wildman–Crippen LogP) is 2.98. The van der Waals surface area contributed by atoms with E-state index in [-0.39, 0.29) is 23.4 Å². The van der Waals surface area contributed by atoms with Crippen LogP contribution in [0.1, 0.15) is 71.8 Å². The minimum atomic E-state index is -2.34. The smallest absolute Gasteiger partial charge is 0.407 e. The maximum atomic E-state index is 13.4. The summed E-state index contributed by atoms with van der Waals surface area (Å²) in [6.07, 6.45) is 0.916. The summed E-state index contributed by atoms with van der Waals surface area (Å²) in [6, 6.07) is -2.50. The highest BCUT2D eigenvalue weighted by molar-refractivity contribution is 7.13. The van der Waals surface area contributed by atoms with Gasteiger partial charge in [0.05, 0.1) is 13.7 Å². The Hall–Kier alpha value is -3.24. The molecule has 0 spiro atoms. The van der Waals surface area contributed by atoms with Crippen LogP contribution in [0.3, 0.4) is 0 Å². The maximum absolute atomic E-state index is 13.4. The number of aromatic nitrogens is 1. The largest absolute Gasteiger partial charge is 0.467 e. The third-order valence-electron chi connectivity index (χ3n) is 7.51. The van der Waals surface area contributed by atoms with E-state index >= 15 is 0 Å². The molecule has 3 N–H and O–H groups in total. The molecule has 0 unspecified atom stereocenters. The SMILES string of the molecule is COC(=O)[C@H](COC(C)=O)NC(=O)[C@H](CO[Si](C)(C)C(C)(C)C)NC(=O)c1csc(N2CCC(NC(=O)OC(C)(C)C)CC2)n1. The Kier molecular flexibility index (Phi) is 13.4. The van der Waals surface area contributed by atoms with Crippen LogP contribution in [0.15, 0.2) is 5.38 Å². The van der Waals surface area contributed by atoms with Crippen LogP contribution in [0.2, 0.25) is 18.1 Å². The number of methoxy groups -OCH3 is 1. The van der Waals surface area contributed by atoms with Gasteiger partial charge in [-0.15, -0.1) is 11.3 Å². The fourth-order valence-electron chi connectivity index (χ4n) is 3.91. The van der Waals surface area contributed by atoms with Gasteiger partial charge in [0.25, 0.3) is 5.91 Å². The van der Waals surface area contributed by atoms with Crippen molar-refractivity contribution in [1.82, 2.24) is 20.9 Å². The molecule has 0 bridgehead atoms. The van der Waals surface area contributed by atoms with Crippen molar-refractivity contribution >= 4 is 54.6 Å². The molecule has 2 atom stereocenters. The molecule has 14 nitrogen and oxygen atoms in total. The van der Waals surface area contributed by atoms with Crippen molar-refractivity contribution in [3.63, 3.8) is 0 Å². The standard InChI is InChI=1S/C29H49N5O9SSi/c1-18(35)41-15-21(25(38)40-8)32-23(36)20(16-42-45(9,10)29(5,6)7)31-24(37)22-17-44-26(33-22)34-13-11-19(12-14-34)30-27(39)43-28(2,3)4/h17,19-21H,11-16H2,1-10H3,(H,30,39)(H,31,37)(H,32,36)/t20-,21-/m0/s1. The topological polar surface area (TPSA) is 174 Å². The number of anilines is 1. The van der Waals surface area contributed by atoms with Crippen molar-refractivity contribution in [2.75, 3.05) is 38.3 Å². The minimum Gasteiger partial charge on any atom is -0.467 e. The Bertz CT molecular complexity index is 1200. The number of alkyl carbamates (subject to hydrolysis) is 1. The molecule has 1 aliphatic heterocycles. The van der Waals surface area contributed by atoms with E-state index in [1.165, 1.54) is 18.3 Å². The van der Waals surface area contributed by atoms with Crippen molar-refractivity contribution in [3.8, 4) is 0 Å². The van der Waals surface area contributed by atoms with E-state index in [1.807, 2.05) is 59.5 Å². The van der Waals surface area contributed by atoms with Crippen LogP contribution in [-0.2, 0) is 33.0 Å². The van der Waals surface area contributed by atoms with Crippen molar-refractivity contribution in [1.29, 1.82) is 0 Å². The van der Waals surface area contributed by atoms with Crippen LogP contribution in [0.25, 0.3) is 0 Å². The summed E-state index contributed by atoms with van der Waals surface area (Å²) < 4.78 is 21.2. The third-order valence-corrected chi connectivity index (χ3v) is 12.9. The van der Waals surface area contributed by atoms with Crippen molar-refractivity contribution in [2.24, 2.45) is 0 Å². The van der Waals surface area contributed by atoms with Crippen LogP contribution in [0.4, 0.5) is 9.93 Å². The van der Waals surface area contributed by atoms with Gasteiger partial charge < -0.3 is 39.5 Å². The van der Waals surface area contributed by atoms with Crippen molar-refractivity contribution in [2.45, 2.75) is 103 Å². The number of nitrogens with one attached hydrogen (secondary N) is 3. The van der Waals surface area contributed by atoms with Gasteiger partial charge in [-0.05, 0) is 51.7 Å². The molecule has 1 aromatic heterocycles. The second kappa shape index (κ2) is 15.8. The number of ether oxygens (including phenoxy) is 3. The number of rotatable bonds is 12. The first-order valence-corrected chi connectivity index (χ1v) is 18.7. The number of thiazole rings is 1. The average Bonchev–Trinajstić information content (AvgIpc) is 3.41. The zero-order valence-electron chi connectivity index (χ0n) is 28.0. The Labute approximate surface area is 270 Å². The molecule has 45 heavy (non-hydrogen) atoms. The van der Waals surface area contributed by atoms with Gasteiger partial charge in [-0.2, -0.15) is 0 Å². The molecule has 1 saturated heterocycles. The molecule has 2 rings (SSSR count). The predicted molar refractivity (Wildman–Crippen MR) is 172 cm³/mol. The lowest BCUT2D eigenvalue weighted by atomic mass is 10.1. The van der Waals surface area contributed by atoms with E-state index in [1.54, 1.807) is 5.38 Å². The molecular formula is C29H49N5O9SSi. The number of hydrogen-bond acceptors (Lipinski definition) is 12. The van der Waals surface area contributed by atoms with Crippen LogP contribution >= 0.6 is 11.3 Å². The molecule has 1 fully saturated rings. The second-order valence-corrected chi connectivity index (χ2v) is 19.1. The van der Waals surface area contributed by atoms with Gasteiger partial charge in [0.1, 0.15) is 23.9 Å². The van der Waals surface area contributed by atoms with Gasteiger partial charge in [0, 0.05) is 31.4 Å². The molecule has 0 aromatic carbocycles. The third kappa shape index (κ3) is 12.2. The van der Waals surface area contributed by atoms with E-state index in [4.69, 9.17) is 18.6 Å². The summed E-state index contributed by atoms with van der Waals surface area (Å²) in [5.74, 6) is -2.74. The van der Waals surface area contributed by atoms with Crippen molar-refractivity contribution < 1.29 is 42.6 Å². The number of nitrogens with zero attached hydrogens (tertiary/aromatic N) is 2. The van der Waals surface area contributed by atoms with Gasteiger partial charge in [-0.1, -0.05) is 20.8 Å². The average molecular weight is 672 g/mol. The molecule has 0 radical (unpaired) electrons. The van der Waals surface area contributed by atoms with Crippen molar-refractivity contribution in [3.05, 3.63) is 11.1 Å². The first-order valence-electron chi connectivity index (χ1n) is 14.9. The molecule has 16 heteroatoms. The molecule has 254 valence electrons. The number of carbonyl (C=O) groups is 5. The summed E-state index contributed by atoms with van der Waals surface area (Å²) in [5.41, 5.74) is -0.454. The highest BCUT2D eigenvalue weighted by Crippen LogP contribution is 2.36. The summed E-state index contributed by atoms with van der Waals surface area (Å²) in [6.45, 7) is 17.5. The number of esters is 2. The Morgan fingerprint density at radius 3 is 2.18 bits per heavy atom. The van der Waals surface area contributed by atoms with Gasteiger partial charge in [-0.3, -0.25) is 14.4 Å². The molecular weight excluding hydrogens is 622 g/mol. The molecule has 1 aliphatic rings. The van der Waals surface area contributed by atoms with E-state index in [0.717, 1.165) is 7.11 Å². The summed E-state index contributed by atoms with van der Waals surface area (Å²) in [5, 5.41) is 10.2. The quantitative estimate of drug-likeness (QED) is 0.169. The molecule has 0 aliphatic carbocycles. The van der Waals surface area contributed by atoms with E-state index in [2.05, 4.69) is 20.9 Å². The fourth-order valence-corrected chi connectivity index (χ4v) is 5.79. The van der Waals surface area contributed by atoms with E-state index in [9.17, 15) is 24.0 Å². The second-order valence-electron chi connectivity index (χ2n) is 13.4. The number of hydrogen-bond donors (Lipinski definition) is 3. The molecule has 0 saturated carbocycles. The highest BCUT2D eigenvalue weighted by atomic mass is 32.1. The fraction of sp³-hybridized carbons (Fsp3) is 0.724. The lowest BCUT2D eigenvalue weighted by Gasteiger charge is -2.37. The van der Waals surface area contributed by atoms with E-state index < -0.39 is 62.5 Å². The van der Waals surface area contributed by atoms with E-state index in [0.29, 0.717) is 31.1 Å². The zero-order valence-corrected chi connectivity index (χ0v) is 29.8. The normalized spacial score (nSPS) is 15.8. The highest BCUT2D eigenvalue weighted by Gasteiger charge is 2.39. The summed E-state index contributed by atoms with van der Waals surface area (Å²) >= 11 is 1.30. The number of piperidine rings is 1. The first-order chi connectivity index (χ1) is 20.7. The van der Waals surface area contributed by atoms with Gasteiger partial charge in [-0.25, -0.2) is 14.6 Å². The van der Waals surface area contributed by atoms with Crippen LogP contribution in [0, 0.1) is 0 Å². The Morgan fingerprint density at radius 1 is 1.02 bits per heavy atom. The Morgan fingerprint density at radius 2 is 1.64 bits per heavy atom. The Balaban J connectivity index is 2.12. The lowest BCUT2D eigenvalue weighted by Crippen LogP contribution is -2.56. The maximum Gasteiger partial charge on any atom is 0.407 e. The molecule has 2 heterocycles. The number of amides is 3. The summed E-state index contributed by atoms with van der Waals surface area (Å²) in [7, 11) is -1.19. The molecule has 1 aromatic rings. The summed E-state index contributed by atoms with van der Waals surface area (Å²) in [4.78, 5) is 69.0. The van der Waals surface area contributed by atoms with Gasteiger partial charge in [0.2, 0.25) is 5.91 Å². The number of carbonyl (C=O) groups excluding carboxylic acids is 5. The van der Waals surface area contributed by atoms with Crippen LogP contribution in [0.5, 0.6) is 0 Å². The van der Waals surface area contributed by atoms with Crippen LogP contribution in [-0.4, -0.2) is 100 Å². The minimum absolute atomic E-state index is 0.0336. The first kappa shape index (κ1) is 37.9. The molecule has 3 amide bonds. The zero-order chi connectivity index (χ0) is 34.2. The lowest BCUT2D eigenvalue weighted by molar-refractivity contribution is -0.151.